The number of carbonyl (C=O) groups excluding carboxylic acids is 1. The molecule has 1 aliphatic carbocycles. The third kappa shape index (κ3) is 3.15. The van der Waals surface area contributed by atoms with E-state index in [0.717, 1.165) is 35.3 Å². The second-order valence-corrected chi connectivity index (χ2v) is 7.29. The molecule has 2 aromatic rings. The number of carbonyl (C=O) groups is 2. The van der Waals surface area contributed by atoms with E-state index in [9.17, 15) is 14.7 Å². The lowest BCUT2D eigenvalue weighted by Crippen LogP contribution is -2.15. The van der Waals surface area contributed by atoms with Crippen LogP contribution in [0.15, 0.2) is 24.3 Å². The molecule has 0 saturated heterocycles. The van der Waals surface area contributed by atoms with Gasteiger partial charge in [0, 0.05) is 10.4 Å². The van der Waals surface area contributed by atoms with Gasteiger partial charge in [0.2, 0.25) is 0 Å². The molecule has 1 aliphatic rings. The first-order valence-corrected chi connectivity index (χ1v) is 8.53. The van der Waals surface area contributed by atoms with Crippen LogP contribution in [0.2, 0.25) is 0 Å². The third-order valence-corrected chi connectivity index (χ3v) is 5.40. The van der Waals surface area contributed by atoms with Crippen LogP contribution in [0.3, 0.4) is 0 Å². The van der Waals surface area contributed by atoms with Crippen molar-refractivity contribution in [3.8, 4) is 0 Å². The van der Waals surface area contributed by atoms with Crippen molar-refractivity contribution in [3.63, 3.8) is 0 Å². The van der Waals surface area contributed by atoms with Crippen molar-refractivity contribution in [1.29, 1.82) is 0 Å². The molecule has 3 rings (SSSR count). The Morgan fingerprint density at radius 3 is 2.83 bits per heavy atom. The van der Waals surface area contributed by atoms with Crippen molar-refractivity contribution in [1.82, 2.24) is 0 Å². The Hall–Kier alpha value is -2.14. The van der Waals surface area contributed by atoms with E-state index in [1.165, 1.54) is 11.3 Å². The number of amides is 1. The van der Waals surface area contributed by atoms with Crippen molar-refractivity contribution in [2.45, 2.75) is 33.1 Å². The van der Waals surface area contributed by atoms with Gasteiger partial charge in [0.05, 0.1) is 5.56 Å². The van der Waals surface area contributed by atoms with Crippen LogP contribution < -0.4 is 5.32 Å². The number of rotatable bonds is 3. The molecule has 1 unspecified atom stereocenters. The number of nitrogens with one attached hydrogen (secondary N) is 1. The summed E-state index contributed by atoms with van der Waals surface area (Å²) in [7, 11) is 0. The molecule has 0 saturated carbocycles. The van der Waals surface area contributed by atoms with Gasteiger partial charge in [-0.3, -0.25) is 4.79 Å². The molecule has 1 heterocycles. The summed E-state index contributed by atoms with van der Waals surface area (Å²) >= 11 is 1.41. The Bertz CT molecular complexity index is 779. The monoisotopic (exact) mass is 329 g/mol. The molecule has 1 aromatic carbocycles. The largest absolute Gasteiger partial charge is 0.478 e. The van der Waals surface area contributed by atoms with Gasteiger partial charge in [-0.2, -0.15) is 0 Å². The number of hydrogen-bond donors (Lipinski definition) is 2. The minimum atomic E-state index is -0.961. The number of carboxylic acids is 1. The van der Waals surface area contributed by atoms with E-state index in [2.05, 4.69) is 12.2 Å². The van der Waals surface area contributed by atoms with E-state index in [4.69, 9.17) is 0 Å². The molecular weight excluding hydrogens is 310 g/mol. The Morgan fingerprint density at radius 2 is 2.13 bits per heavy atom. The standard InChI is InChI=1S/C18H19NO3S/c1-10-4-3-5-12(8-10)16(20)19-17-15(18(21)22)13-7-6-11(2)9-14(13)23-17/h3-5,8,11H,6-7,9H2,1-2H3,(H,19,20)(H,21,22). The normalized spacial score (nSPS) is 16.7. The second-order valence-electron chi connectivity index (χ2n) is 6.18. The van der Waals surface area contributed by atoms with Gasteiger partial charge in [0.25, 0.3) is 5.91 Å². The van der Waals surface area contributed by atoms with Crippen LogP contribution in [-0.4, -0.2) is 17.0 Å². The quantitative estimate of drug-likeness (QED) is 0.889. The number of fused-ring (bicyclic) bond motifs is 1. The summed E-state index contributed by atoms with van der Waals surface area (Å²) in [6.07, 6.45) is 2.66. The molecule has 1 atom stereocenters. The van der Waals surface area contributed by atoms with Gasteiger partial charge < -0.3 is 10.4 Å². The van der Waals surface area contributed by atoms with Gasteiger partial charge in [0.15, 0.2) is 0 Å². The molecule has 5 heteroatoms. The van der Waals surface area contributed by atoms with Crippen LogP contribution in [0.5, 0.6) is 0 Å². The Labute approximate surface area is 139 Å². The fourth-order valence-electron chi connectivity index (χ4n) is 3.03. The Kier molecular flexibility index (Phi) is 4.22. The minimum Gasteiger partial charge on any atom is -0.478 e. The van der Waals surface area contributed by atoms with Crippen molar-refractivity contribution < 1.29 is 14.7 Å². The fraction of sp³-hybridized carbons (Fsp3) is 0.333. The number of aromatic carboxylic acids is 1. The summed E-state index contributed by atoms with van der Waals surface area (Å²) in [6.45, 7) is 4.10. The second kappa shape index (κ2) is 6.16. The summed E-state index contributed by atoms with van der Waals surface area (Å²) in [5.41, 5.74) is 2.72. The lowest BCUT2D eigenvalue weighted by Gasteiger charge is -2.17. The van der Waals surface area contributed by atoms with E-state index < -0.39 is 5.97 Å². The summed E-state index contributed by atoms with van der Waals surface area (Å²) in [5, 5.41) is 12.8. The number of benzene rings is 1. The minimum absolute atomic E-state index is 0.261. The van der Waals surface area contributed by atoms with E-state index in [1.54, 1.807) is 12.1 Å². The van der Waals surface area contributed by atoms with Crippen LogP contribution in [0, 0.1) is 12.8 Å². The molecule has 23 heavy (non-hydrogen) atoms. The Morgan fingerprint density at radius 1 is 1.35 bits per heavy atom. The lowest BCUT2D eigenvalue weighted by atomic mass is 9.88. The first kappa shape index (κ1) is 15.7. The molecule has 0 radical (unpaired) electrons. The number of aryl methyl sites for hydroxylation is 1. The van der Waals surface area contributed by atoms with Crippen molar-refractivity contribution in [2.24, 2.45) is 5.92 Å². The maximum Gasteiger partial charge on any atom is 0.339 e. The van der Waals surface area contributed by atoms with Gasteiger partial charge in [-0.15, -0.1) is 11.3 Å². The SMILES string of the molecule is Cc1cccc(C(=O)Nc2sc3c(c2C(=O)O)CCC(C)C3)c1. The molecule has 2 N–H and O–H groups in total. The van der Waals surface area contributed by atoms with Crippen LogP contribution in [0.4, 0.5) is 5.00 Å². The molecule has 0 aliphatic heterocycles. The zero-order valence-corrected chi connectivity index (χ0v) is 14.0. The van der Waals surface area contributed by atoms with Crippen molar-refractivity contribution in [3.05, 3.63) is 51.4 Å². The highest BCUT2D eigenvalue weighted by Gasteiger charge is 2.28. The summed E-state index contributed by atoms with van der Waals surface area (Å²) in [5.74, 6) is -0.664. The molecular formula is C18H19NO3S. The van der Waals surface area contributed by atoms with E-state index in [0.29, 0.717) is 16.5 Å². The average Bonchev–Trinajstić information content (AvgIpc) is 2.84. The highest BCUT2D eigenvalue weighted by Crippen LogP contribution is 2.39. The molecule has 0 fully saturated rings. The van der Waals surface area contributed by atoms with Gasteiger partial charge in [-0.1, -0.05) is 24.6 Å². The highest BCUT2D eigenvalue weighted by molar-refractivity contribution is 7.17. The maximum absolute atomic E-state index is 12.4. The molecule has 0 bridgehead atoms. The Balaban J connectivity index is 1.94. The topological polar surface area (TPSA) is 66.4 Å². The van der Waals surface area contributed by atoms with Crippen LogP contribution >= 0.6 is 11.3 Å². The van der Waals surface area contributed by atoms with Crippen LogP contribution in [0.1, 0.15) is 50.1 Å². The average molecular weight is 329 g/mol. The molecule has 1 aromatic heterocycles. The first-order valence-electron chi connectivity index (χ1n) is 7.71. The fourth-order valence-corrected chi connectivity index (χ4v) is 4.42. The predicted molar refractivity (Wildman–Crippen MR) is 91.6 cm³/mol. The predicted octanol–water partition coefficient (Wildman–Crippen LogP) is 4.13. The molecule has 0 spiro atoms. The number of anilines is 1. The van der Waals surface area contributed by atoms with Gasteiger partial charge in [0.1, 0.15) is 5.00 Å². The van der Waals surface area contributed by atoms with Crippen LogP contribution in [-0.2, 0) is 12.8 Å². The maximum atomic E-state index is 12.4. The molecule has 120 valence electrons. The lowest BCUT2D eigenvalue weighted by molar-refractivity contribution is 0.0697. The number of thiophene rings is 1. The third-order valence-electron chi connectivity index (χ3n) is 4.23. The molecule has 1 amide bonds. The van der Waals surface area contributed by atoms with Crippen molar-refractivity contribution >= 4 is 28.2 Å². The summed E-state index contributed by atoms with van der Waals surface area (Å²) in [6, 6.07) is 7.28. The van der Waals surface area contributed by atoms with Gasteiger partial charge in [-0.25, -0.2) is 4.79 Å². The van der Waals surface area contributed by atoms with E-state index in [1.807, 2.05) is 19.1 Å². The van der Waals surface area contributed by atoms with Gasteiger partial charge in [-0.05, 0) is 49.8 Å². The molecule has 4 nitrogen and oxygen atoms in total. The highest BCUT2D eigenvalue weighted by atomic mass is 32.1. The first-order chi connectivity index (χ1) is 11.0. The van der Waals surface area contributed by atoms with Crippen LogP contribution in [0.25, 0.3) is 0 Å². The van der Waals surface area contributed by atoms with Gasteiger partial charge >= 0.3 is 5.97 Å². The summed E-state index contributed by atoms with van der Waals surface area (Å²) < 4.78 is 0. The number of carboxylic acid groups (broad SMARTS) is 1. The van der Waals surface area contributed by atoms with E-state index >= 15 is 0 Å². The smallest absolute Gasteiger partial charge is 0.339 e. The zero-order chi connectivity index (χ0) is 16.6. The zero-order valence-electron chi connectivity index (χ0n) is 13.2. The van der Waals surface area contributed by atoms with Crippen molar-refractivity contribution in [2.75, 3.05) is 5.32 Å². The number of hydrogen-bond acceptors (Lipinski definition) is 3. The summed E-state index contributed by atoms with van der Waals surface area (Å²) in [4.78, 5) is 25.2. The van der Waals surface area contributed by atoms with E-state index in [-0.39, 0.29) is 11.5 Å².